The Morgan fingerprint density at radius 2 is 2.33 bits per heavy atom. The Balaban J connectivity index is 1.55. The fourth-order valence-corrected chi connectivity index (χ4v) is 3.72. The van der Waals surface area contributed by atoms with Gasteiger partial charge in [-0.05, 0) is 31.9 Å². The molecule has 3 heterocycles. The Labute approximate surface area is 142 Å². The van der Waals surface area contributed by atoms with Crippen molar-refractivity contribution in [3.05, 3.63) is 40.6 Å². The molecule has 0 saturated carbocycles. The molecule has 1 aliphatic heterocycles. The van der Waals surface area contributed by atoms with E-state index < -0.39 is 0 Å². The SMILES string of the molecule is C[C@@H](Sc1n[nH]c(=O)n1C[C@@H]1CCCO1)c1nc2ccccc2o1. The molecule has 1 aromatic carbocycles. The van der Waals surface area contributed by atoms with Crippen LogP contribution in [0.5, 0.6) is 0 Å². The van der Waals surface area contributed by atoms with Crippen molar-refractivity contribution in [2.75, 3.05) is 6.61 Å². The van der Waals surface area contributed by atoms with E-state index in [0.29, 0.717) is 17.6 Å². The third-order valence-corrected chi connectivity index (χ3v) is 5.15. The lowest BCUT2D eigenvalue weighted by Crippen LogP contribution is -2.25. The van der Waals surface area contributed by atoms with Gasteiger partial charge in [0.2, 0.25) is 5.89 Å². The number of thioether (sulfide) groups is 1. The molecule has 1 aliphatic rings. The first-order chi connectivity index (χ1) is 11.7. The predicted octanol–water partition coefficient (Wildman–Crippen LogP) is 2.74. The second-order valence-electron chi connectivity index (χ2n) is 5.84. The van der Waals surface area contributed by atoms with Gasteiger partial charge in [-0.3, -0.25) is 4.57 Å². The maximum absolute atomic E-state index is 12.0. The fourth-order valence-electron chi connectivity index (χ4n) is 2.82. The summed E-state index contributed by atoms with van der Waals surface area (Å²) in [6.07, 6.45) is 2.10. The molecule has 4 rings (SSSR count). The molecule has 0 unspecified atom stereocenters. The summed E-state index contributed by atoms with van der Waals surface area (Å²) in [5, 5.41) is 7.24. The maximum atomic E-state index is 12.0. The maximum Gasteiger partial charge on any atom is 0.344 e. The van der Waals surface area contributed by atoms with Gasteiger partial charge in [0.25, 0.3) is 0 Å². The Kier molecular flexibility index (Phi) is 4.15. The molecular weight excluding hydrogens is 328 g/mol. The van der Waals surface area contributed by atoms with Crippen LogP contribution in [0.25, 0.3) is 11.1 Å². The van der Waals surface area contributed by atoms with Crippen LogP contribution in [0.15, 0.2) is 38.6 Å². The van der Waals surface area contributed by atoms with Crippen molar-refractivity contribution in [1.29, 1.82) is 0 Å². The molecule has 8 heteroatoms. The minimum atomic E-state index is -0.210. The van der Waals surface area contributed by atoms with Crippen LogP contribution in [0, 0.1) is 0 Å². The molecule has 1 fully saturated rings. The van der Waals surface area contributed by atoms with E-state index in [1.807, 2.05) is 31.2 Å². The quantitative estimate of drug-likeness (QED) is 0.715. The number of benzene rings is 1. The van der Waals surface area contributed by atoms with Crippen molar-refractivity contribution in [2.45, 2.75) is 42.8 Å². The number of H-pyrrole nitrogens is 1. The normalized spacial score (nSPS) is 19.1. The van der Waals surface area contributed by atoms with Gasteiger partial charge in [-0.25, -0.2) is 14.9 Å². The molecule has 126 valence electrons. The number of nitrogens with one attached hydrogen (secondary N) is 1. The summed E-state index contributed by atoms with van der Waals surface area (Å²) in [5.74, 6) is 0.625. The highest BCUT2D eigenvalue weighted by molar-refractivity contribution is 7.99. The lowest BCUT2D eigenvalue weighted by atomic mass is 10.2. The molecule has 2 aromatic heterocycles. The highest BCUT2D eigenvalue weighted by Gasteiger charge is 2.22. The van der Waals surface area contributed by atoms with Gasteiger partial charge in [0.05, 0.1) is 17.9 Å². The van der Waals surface area contributed by atoms with Crippen LogP contribution in [-0.2, 0) is 11.3 Å². The molecule has 7 nitrogen and oxygen atoms in total. The molecule has 0 radical (unpaired) electrons. The average Bonchev–Trinajstić information content (AvgIpc) is 3.30. The summed E-state index contributed by atoms with van der Waals surface area (Å²) in [6.45, 7) is 3.28. The number of fused-ring (bicyclic) bond motifs is 1. The third-order valence-electron chi connectivity index (χ3n) is 4.07. The van der Waals surface area contributed by atoms with Crippen LogP contribution >= 0.6 is 11.8 Å². The van der Waals surface area contributed by atoms with E-state index in [1.165, 1.54) is 11.8 Å². The summed E-state index contributed by atoms with van der Waals surface area (Å²) in [5.41, 5.74) is 1.38. The largest absolute Gasteiger partial charge is 0.439 e. The standard InChI is InChI=1S/C16H18N4O3S/c1-10(14-17-12-6-2-3-7-13(12)23-14)24-16-19-18-15(21)20(16)9-11-5-4-8-22-11/h2-3,6-7,10-11H,4-5,8-9H2,1H3,(H,18,21)/t10-,11+/m1/s1. The van der Waals surface area contributed by atoms with E-state index in [1.54, 1.807) is 4.57 Å². The van der Waals surface area contributed by atoms with Gasteiger partial charge in [-0.1, -0.05) is 23.9 Å². The molecule has 0 spiro atoms. The number of rotatable bonds is 5. The van der Waals surface area contributed by atoms with Crippen LogP contribution in [0.4, 0.5) is 0 Å². The van der Waals surface area contributed by atoms with E-state index in [-0.39, 0.29) is 17.0 Å². The Morgan fingerprint density at radius 1 is 1.46 bits per heavy atom. The first kappa shape index (κ1) is 15.5. The van der Waals surface area contributed by atoms with Crippen LogP contribution in [0.3, 0.4) is 0 Å². The van der Waals surface area contributed by atoms with Gasteiger partial charge < -0.3 is 9.15 Å². The third kappa shape index (κ3) is 2.99. The molecule has 3 aromatic rings. The van der Waals surface area contributed by atoms with E-state index in [4.69, 9.17) is 9.15 Å². The topological polar surface area (TPSA) is 85.9 Å². The number of para-hydroxylation sites is 2. The van der Waals surface area contributed by atoms with Crippen molar-refractivity contribution in [2.24, 2.45) is 0 Å². The van der Waals surface area contributed by atoms with Gasteiger partial charge in [0, 0.05) is 6.61 Å². The molecule has 24 heavy (non-hydrogen) atoms. The van der Waals surface area contributed by atoms with E-state index in [9.17, 15) is 4.79 Å². The summed E-state index contributed by atoms with van der Waals surface area (Å²) < 4.78 is 13.1. The number of hydrogen-bond donors (Lipinski definition) is 1. The summed E-state index contributed by atoms with van der Waals surface area (Å²) in [7, 11) is 0. The Hall–Kier alpha value is -2.06. The zero-order chi connectivity index (χ0) is 16.5. The second-order valence-corrected chi connectivity index (χ2v) is 7.14. The number of nitrogens with zero attached hydrogens (tertiary/aromatic N) is 3. The highest BCUT2D eigenvalue weighted by Crippen LogP contribution is 2.34. The lowest BCUT2D eigenvalue weighted by molar-refractivity contribution is 0.0941. The number of aromatic nitrogens is 4. The molecule has 1 N–H and O–H groups in total. The lowest BCUT2D eigenvalue weighted by Gasteiger charge is -2.12. The molecule has 1 saturated heterocycles. The molecule has 0 amide bonds. The van der Waals surface area contributed by atoms with Crippen molar-refractivity contribution < 1.29 is 9.15 Å². The molecule has 0 aliphatic carbocycles. The monoisotopic (exact) mass is 346 g/mol. The molecule has 0 bridgehead atoms. The van der Waals surface area contributed by atoms with Crippen molar-refractivity contribution in [3.63, 3.8) is 0 Å². The minimum Gasteiger partial charge on any atom is -0.439 e. The first-order valence-electron chi connectivity index (χ1n) is 7.99. The summed E-state index contributed by atoms with van der Waals surface area (Å²) >= 11 is 1.45. The summed E-state index contributed by atoms with van der Waals surface area (Å²) in [4.78, 5) is 16.5. The Bertz CT molecular complexity index is 861. The highest BCUT2D eigenvalue weighted by atomic mass is 32.2. The van der Waals surface area contributed by atoms with E-state index in [0.717, 1.165) is 30.5 Å². The van der Waals surface area contributed by atoms with Crippen molar-refractivity contribution in [3.8, 4) is 0 Å². The number of ether oxygens (including phenoxy) is 1. The zero-order valence-corrected chi connectivity index (χ0v) is 14.1. The van der Waals surface area contributed by atoms with Crippen LogP contribution in [-0.4, -0.2) is 32.5 Å². The van der Waals surface area contributed by atoms with Crippen LogP contribution in [0.1, 0.15) is 30.9 Å². The van der Waals surface area contributed by atoms with Gasteiger partial charge in [0.1, 0.15) is 5.52 Å². The van der Waals surface area contributed by atoms with Gasteiger partial charge in [0.15, 0.2) is 10.7 Å². The van der Waals surface area contributed by atoms with E-state index >= 15 is 0 Å². The minimum absolute atomic E-state index is 0.0594. The number of oxazole rings is 1. The smallest absolute Gasteiger partial charge is 0.344 e. The van der Waals surface area contributed by atoms with Gasteiger partial charge in [-0.15, -0.1) is 5.10 Å². The van der Waals surface area contributed by atoms with Crippen molar-refractivity contribution in [1.82, 2.24) is 19.7 Å². The number of hydrogen-bond acceptors (Lipinski definition) is 6. The van der Waals surface area contributed by atoms with Gasteiger partial charge >= 0.3 is 5.69 Å². The number of aromatic amines is 1. The molecular formula is C16H18N4O3S. The van der Waals surface area contributed by atoms with Crippen molar-refractivity contribution >= 4 is 22.9 Å². The fraction of sp³-hybridized carbons (Fsp3) is 0.438. The van der Waals surface area contributed by atoms with Crippen LogP contribution in [0.2, 0.25) is 0 Å². The predicted molar refractivity (Wildman–Crippen MR) is 90.1 cm³/mol. The molecule has 2 atom stereocenters. The second kappa shape index (κ2) is 6.45. The summed E-state index contributed by atoms with van der Waals surface area (Å²) in [6, 6.07) is 7.66. The zero-order valence-electron chi connectivity index (χ0n) is 13.3. The average molecular weight is 346 g/mol. The first-order valence-corrected chi connectivity index (χ1v) is 8.87. The van der Waals surface area contributed by atoms with Gasteiger partial charge in [-0.2, -0.15) is 0 Å². The van der Waals surface area contributed by atoms with E-state index in [2.05, 4.69) is 15.2 Å². The van der Waals surface area contributed by atoms with Crippen LogP contribution < -0.4 is 5.69 Å². The Morgan fingerprint density at radius 3 is 3.12 bits per heavy atom.